The highest BCUT2D eigenvalue weighted by Gasteiger charge is 2.09. The average Bonchev–Trinajstić information content (AvgIpc) is 2.69. The lowest BCUT2D eigenvalue weighted by Gasteiger charge is -2.05. The Morgan fingerprint density at radius 3 is 2.76 bits per heavy atom. The van der Waals surface area contributed by atoms with Gasteiger partial charge in [0.2, 0.25) is 0 Å². The lowest BCUT2D eigenvalue weighted by atomic mass is 10.2. The van der Waals surface area contributed by atoms with Crippen LogP contribution in [0.5, 0.6) is 0 Å². The fourth-order valence-electron chi connectivity index (χ4n) is 1.39. The summed E-state index contributed by atoms with van der Waals surface area (Å²) in [5.41, 5.74) is 6.94. The van der Waals surface area contributed by atoms with Gasteiger partial charge in [-0.3, -0.25) is 0 Å². The fraction of sp³-hybridized carbons (Fsp3) is 0.182. The van der Waals surface area contributed by atoms with Crippen molar-refractivity contribution in [3.05, 3.63) is 34.9 Å². The first-order valence-corrected chi connectivity index (χ1v) is 7.35. The summed E-state index contributed by atoms with van der Waals surface area (Å²) in [5, 5.41) is 5.10. The second-order valence-electron chi connectivity index (χ2n) is 3.41. The molecule has 0 spiro atoms. The van der Waals surface area contributed by atoms with Gasteiger partial charge >= 0.3 is 0 Å². The quantitative estimate of drug-likeness (QED) is 0.841. The molecule has 6 heteroatoms. The molecule has 0 unspecified atom stereocenters. The lowest BCUT2D eigenvalue weighted by Crippen LogP contribution is -1.98. The third-order valence-electron chi connectivity index (χ3n) is 2.24. The molecule has 3 nitrogen and oxygen atoms in total. The number of nitrogens with one attached hydrogen (secondary N) is 1. The van der Waals surface area contributed by atoms with Gasteiger partial charge in [0.05, 0.1) is 4.90 Å². The van der Waals surface area contributed by atoms with Crippen molar-refractivity contribution in [2.24, 2.45) is 0 Å². The molecule has 2 rings (SSSR count). The number of hydrogen-bond acceptors (Lipinski definition) is 5. The van der Waals surface area contributed by atoms with Crippen molar-refractivity contribution < 1.29 is 0 Å². The second-order valence-corrected chi connectivity index (χ2v) is 5.44. The van der Waals surface area contributed by atoms with E-state index < -0.39 is 0 Å². The maximum absolute atomic E-state index is 5.83. The van der Waals surface area contributed by atoms with Gasteiger partial charge in [-0.2, -0.15) is 4.37 Å². The molecule has 0 aliphatic rings. The Morgan fingerprint density at radius 2 is 2.12 bits per heavy atom. The zero-order valence-corrected chi connectivity index (χ0v) is 11.6. The molecule has 0 bridgehead atoms. The molecule has 3 N–H and O–H groups in total. The summed E-state index contributed by atoms with van der Waals surface area (Å²) in [6, 6.07) is 7.77. The van der Waals surface area contributed by atoms with E-state index in [9.17, 15) is 0 Å². The van der Waals surface area contributed by atoms with Crippen molar-refractivity contribution in [3.63, 3.8) is 0 Å². The number of nitrogen functional groups attached to an aromatic ring is 1. The van der Waals surface area contributed by atoms with E-state index >= 15 is 0 Å². The van der Waals surface area contributed by atoms with Gasteiger partial charge in [0.1, 0.15) is 5.00 Å². The standard InChI is InChI=1S/C11H12ClN3S2/c1-16-9-10(13)15-17-11(9)14-6-7-2-4-8(12)5-3-7/h2-5,14H,6H2,1H3,(H2,13,15). The Labute approximate surface area is 114 Å². The Balaban J connectivity index is 2.04. The van der Waals surface area contributed by atoms with Crippen LogP contribution >= 0.6 is 34.9 Å². The maximum Gasteiger partial charge on any atom is 0.153 e. The summed E-state index contributed by atoms with van der Waals surface area (Å²) in [4.78, 5) is 1.02. The number of aromatic nitrogens is 1. The molecule has 17 heavy (non-hydrogen) atoms. The molecule has 0 aliphatic heterocycles. The van der Waals surface area contributed by atoms with Crippen LogP contribution in [0.25, 0.3) is 0 Å². The van der Waals surface area contributed by atoms with E-state index in [1.165, 1.54) is 17.1 Å². The summed E-state index contributed by atoms with van der Waals surface area (Å²) >= 11 is 8.83. The minimum absolute atomic E-state index is 0.598. The largest absolute Gasteiger partial charge is 0.382 e. The van der Waals surface area contributed by atoms with Gasteiger partial charge in [-0.15, -0.1) is 11.8 Å². The van der Waals surface area contributed by atoms with Gasteiger partial charge in [0.25, 0.3) is 0 Å². The average molecular weight is 286 g/mol. The van der Waals surface area contributed by atoms with Crippen LogP contribution in [0.3, 0.4) is 0 Å². The van der Waals surface area contributed by atoms with Gasteiger partial charge < -0.3 is 11.1 Å². The van der Waals surface area contributed by atoms with Crippen LogP contribution in [-0.2, 0) is 6.54 Å². The van der Waals surface area contributed by atoms with Crippen molar-refractivity contribution in [2.75, 3.05) is 17.3 Å². The first kappa shape index (κ1) is 12.5. The molecule has 0 saturated carbocycles. The number of halogens is 1. The molecule has 90 valence electrons. The van der Waals surface area contributed by atoms with E-state index in [0.717, 1.165) is 21.5 Å². The molecule has 0 fully saturated rings. The molecular weight excluding hydrogens is 274 g/mol. The molecule has 0 saturated heterocycles. The van der Waals surface area contributed by atoms with E-state index in [0.29, 0.717) is 5.82 Å². The predicted octanol–water partition coefficient (Wildman–Crippen LogP) is 3.71. The normalized spacial score (nSPS) is 10.5. The smallest absolute Gasteiger partial charge is 0.153 e. The van der Waals surface area contributed by atoms with Gasteiger partial charge in [-0.05, 0) is 35.5 Å². The van der Waals surface area contributed by atoms with E-state index in [4.69, 9.17) is 17.3 Å². The van der Waals surface area contributed by atoms with Gasteiger partial charge in [-0.25, -0.2) is 0 Å². The molecule has 1 aromatic carbocycles. The molecule has 1 heterocycles. The van der Waals surface area contributed by atoms with Crippen LogP contribution in [0, 0.1) is 0 Å². The van der Waals surface area contributed by atoms with Crippen molar-refractivity contribution in [1.29, 1.82) is 0 Å². The van der Waals surface area contributed by atoms with E-state index in [2.05, 4.69) is 9.69 Å². The highest BCUT2D eigenvalue weighted by molar-refractivity contribution is 7.99. The van der Waals surface area contributed by atoms with Crippen LogP contribution < -0.4 is 11.1 Å². The number of nitrogens with two attached hydrogens (primary N) is 1. The Hall–Kier alpha value is -0.910. The Bertz CT molecular complexity index is 496. The Kier molecular flexibility index (Phi) is 4.15. The van der Waals surface area contributed by atoms with Gasteiger partial charge in [0.15, 0.2) is 5.82 Å². The van der Waals surface area contributed by atoms with Crippen LogP contribution in [0.15, 0.2) is 29.2 Å². The SMILES string of the molecule is CSc1c(N)nsc1NCc1ccc(Cl)cc1. The molecule has 2 aromatic rings. The summed E-state index contributed by atoms with van der Waals surface area (Å²) in [7, 11) is 0. The third kappa shape index (κ3) is 3.06. The molecule has 0 amide bonds. The van der Waals surface area contributed by atoms with Crippen LogP contribution in [0.4, 0.5) is 10.8 Å². The predicted molar refractivity (Wildman–Crippen MR) is 77.1 cm³/mol. The third-order valence-corrected chi connectivity index (χ3v) is 4.27. The Morgan fingerprint density at radius 1 is 1.41 bits per heavy atom. The number of hydrogen-bond donors (Lipinski definition) is 2. The second kappa shape index (κ2) is 5.62. The van der Waals surface area contributed by atoms with Crippen molar-refractivity contribution in [3.8, 4) is 0 Å². The minimum atomic E-state index is 0.598. The first-order valence-electron chi connectivity index (χ1n) is 4.98. The number of nitrogens with zero attached hydrogens (tertiary/aromatic N) is 1. The highest BCUT2D eigenvalue weighted by Crippen LogP contribution is 2.34. The zero-order valence-electron chi connectivity index (χ0n) is 9.24. The monoisotopic (exact) mass is 285 g/mol. The number of rotatable bonds is 4. The number of thioether (sulfide) groups is 1. The van der Waals surface area contributed by atoms with Crippen molar-refractivity contribution in [2.45, 2.75) is 11.4 Å². The highest BCUT2D eigenvalue weighted by atomic mass is 35.5. The summed E-state index contributed by atoms with van der Waals surface area (Å²) in [6.45, 7) is 0.742. The summed E-state index contributed by atoms with van der Waals surface area (Å²) < 4.78 is 4.13. The van der Waals surface area contributed by atoms with Gasteiger partial charge in [0, 0.05) is 11.6 Å². The summed E-state index contributed by atoms with van der Waals surface area (Å²) in [5.74, 6) is 0.598. The zero-order chi connectivity index (χ0) is 12.3. The molecular formula is C11H12ClN3S2. The fourth-order valence-corrected chi connectivity index (χ4v) is 3.05. The van der Waals surface area contributed by atoms with Crippen LogP contribution in [0.1, 0.15) is 5.56 Å². The van der Waals surface area contributed by atoms with E-state index in [1.54, 1.807) is 11.8 Å². The first-order chi connectivity index (χ1) is 8.20. The van der Waals surface area contributed by atoms with Gasteiger partial charge in [-0.1, -0.05) is 23.7 Å². The molecule has 0 aliphatic carbocycles. The molecule has 1 aromatic heterocycles. The summed E-state index contributed by atoms with van der Waals surface area (Å²) in [6.07, 6.45) is 1.99. The van der Waals surface area contributed by atoms with E-state index in [1.807, 2.05) is 30.5 Å². The van der Waals surface area contributed by atoms with Crippen LogP contribution in [-0.4, -0.2) is 10.6 Å². The maximum atomic E-state index is 5.83. The van der Waals surface area contributed by atoms with Crippen molar-refractivity contribution >= 4 is 45.7 Å². The van der Waals surface area contributed by atoms with Crippen LogP contribution in [0.2, 0.25) is 5.02 Å². The topological polar surface area (TPSA) is 50.9 Å². The minimum Gasteiger partial charge on any atom is -0.382 e. The molecule has 0 atom stereocenters. The lowest BCUT2D eigenvalue weighted by molar-refractivity contribution is 1.15. The van der Waals surface area contributed by atoms with E-state index in [-0.39, 0.29) is 0 Å². The number of benzene rings is 1. The van der Waals surface area contributed by atoms with Crippen molar-refractivity contribution in [1.82, 2.24) is 4.37 Å². The number of anilines is 2. The molecule has 0 radical (unpaired) electrons.